The monoisotopic (exact) mass is 347 g/mol. The zero-order valence-electron chi connectivity index (χ0n) is 12.7. The second-order valence-electron chi connectivity index (χ2n) is 5.85. The van der Waals surface area contributed by atoms with E-state index in [1.165, 1.54) is 0 Å². The number of aromatic amines is 1. The van der Waals surface area contributed by atoms with Crippen LogP contribution in [0.25, 0.3) is 11.0 Å². The van der Waals surface area contributed by atoms with Gasteiger partial charge >= 0.3 is 0 Å². The molecule has 1 atom stereocenters. The van der Waals surface area contributed by atoms with E-state index in [9.17, 15) is 0 Å². The maximum Gasteiger partial charge on any atom is 0.231 e. The van der Waals surface area contributed by atoms with Gasteiger partial charge in [0.15, 0.2) is 11.6 Å². The van der Waals surface area contributed by atoms with Gasteiger partial charge in [-0.2, -0.15) is 0 Å². The van der Waals surface area contributed by atoms with E-state index in [0.717, 1.165) is 22.5 Å². The fourth-order valence-corrected chi connectivity index (χ4v) is 3.50. The molecule has 118 valence electrons. The first kappa shape index (κ1) is 14.7. The summed E-state index contributed by atoms with van der Waals surface area (Å²) in [5.41, 5.74) is 2.78. The third-order valence-electron chi connectivity index (χ3n) is 3.95. The molecule has 0 bridgehead atoms. The predicted octanol–water partition coefficient (Wildman–Crippen LogP) is 5.18. The summed E-state index contributed by atoms with van der Waals surface area (Å²) in [5.74, 6) is 1.40. The predicted molar refractivity (Wildman–Crippen MR) is 93.5 cm³/mol. The molecule has 4 rings (SSSR count). The maximum atomic E-state index is 6.31. The Morgan fingerprint density at radius 3 is 2.74 bits per heavy atom. The number of rotatable bonds is 2. The van der Waals surface area contributed by atoms with Crippen molar-refractivity contribution in [1.82, 2.24) is 9.97 Å². The number of anilines is 1. The Hall–Kier alpha value is -1.91. The highest BCUT2D eigenvalue weighted by Gasteiger charge is 2.37. The second kappa shape index (κ2) is 5.32. The first-order valence-corrected chi connectivity index (χ1v) is 8.19. The molecule has 0 radical (unpaired) electrons. The molecule has 4 nitrogen and oxygen atoms in total. The second-order valence-corrected chi connectivity index (χ2v) is 6.69. The van der Waals surface area contributed by atoms with Crippen molar-refractivity contribution >= 4 is 39.9 Å². The van der Waals surface area contributed by atoms with Gasteiger partial charge in [0.25, 0.3) is 0 Å². The largest absolute Gasteiger partial charge is 0.459 e. The van der Waals surface area contributed by atoms with Gasteiger partial charge in [0.1, 0.15) is 0 Å². The average molecular weight is 348 g/mol. The molecule has 0 fully saturated rings. The Balaban J connectivity index is 1.84. The van der Waals surface area contributed by atoms with Crippen LogP contribution in [0, 0.1) is 0 Å². The van der Waals surface area contributed by atoms with Crippen molar-refractivity contribution in [2.75, 3.05) is 4.90 Å². The third-order valence-corrected chi connectivity index (χ3v) is 4.45. The number of halogens is 2. The number of nitrogens with one attached hydrogen (secondary N) is 1. The van der Waals surface area contributed by atoms with E-state index < -0.39 is 0 Å². The molecule has 3 aromatic rings. The molecule has 6 heteroatoms. The minimum atomic E-state index is -0.353. The third kappa shape index (κ3) is 2.33. The number of fused-ring (bicyclic) bond motifs is 2. The zero-order chi connectivity index (χ0) is 16.1. The molecule has 1 unspecified atom stereocenters. The van der Waals surface area contributed by atoms with Crippen molar-refractivity contribution in [2.24, 2.45) is 0 Å². The quantitative estimate of drug-likeness (QED) is 0.694. The smallest absolute Gasteiger partial charge is 0.231 e. The summed E-state index contributed by atoms with van der Waals surface area (Å²) < 4.78 is 6.12. The van der Waals surface area contributed by atoms with Crippen molar-refractivity contribution in [1.29, 1.82) is 0 Å². The number of ether oxygens (including phenoxy) is 1. The summed E-state index contributed by atoms with van der Waals surface area (Å²) in [5, 5.41) is 1.10. The van der Waals surface area contributed by atoms with Crippen molar-refractivity contribution < 1.29 is 4.74 Å². The first-order valence-electron chi connectivity index (χ1n) is 7.43. The van der Waals surface area contributed by atoms with Crippen LogP contribution in [-0.4, -0.2) is 16.0 Å². The van der Waals surface area contributed by atoms with Crippen molar-refractivity contribution in [3.63, 3.8) is 0 Å². The molecule has 1 aromatic heterocycles. The molecule has 1 aliphatic heterocycles. The molecule has 2 heterocycles. The number of para-hydroxylation sites is 2. The number of aromatic nitrogens is 2. The van der Waals surface area contributed by atoms with Crippen LogP contribution in [0.3, 0.4) is 0 Å². The lowest BCUT2D eigenvalue weighted by Crippen LogP contribution is -2.34. The molecular formula is C17H15Cl2N3O. The number of hydrogen-bond donors (Lipinski definition) is 1. The molecule has 2 aromatic carbocycles. The lowest BCUT2D eigenvalue weighted by atomic mass is 10.2. The van der Waals surface area contributed by atoms with Crippen LogP contribution in [0.4, 0.5) is 5.69 Å². The van der Waals surface area contributed by atoms with Crippen LogP contribution >= 0.6 is 23.2 Å². The molecule has 0 saturated carbocycles. The van der Waals surface area contributed by atoms with Crippen LogP contribution < -0.4 is 9.64 Å². The topological polar surface area (TPSA) is 41.1 Å². The molecule has 23 heavy (non-hydrogen) atoms. The standard InChI is InChI=1S/C17H15Cl2N3O/c1-9(2)22-14-8-10(18)7-11(19)15(14)23-17(22)16-20-12-5-3-4-6-13(12)21-16/h3-9,17H,1-2H3,(H,20,21). The molecule has 0 amide bonds. The number of benzene rings is 2. The Morgan fingerprint density at radius 1 is 1.22 bits per heavy atom. The molecule has 0 saturated heterocycles. The Kier molecular flexibility index (Phi) is 3.39. The summed E-state index contributed by atoms with van der Waals surface area (Å²) in [6.45, 7) is 4.20. The highest BCUT2D eigenvalue weighted by atomic mass is 35.5. The minimum Gasteiger partial charge on any atom is -0.459 e. The minimum absolute atomic E-state index is 0.198. The highest BCUT2D eigenvalue weighted by Crippen LogP contribution is 2.49. The van der Waals surface area contributed by atoms with Crippen molar-refractivity contribution in [3.05, 3.63) is 52.3 Å². The summed E-state index contributed by atoms with van der Waals surface area (Å²) in [7, 11) is 0. The molecule has 1 aliphatic rings. The Bertz CT molecular complexity index is 858. The summed E-state index contributed by atoms with van der Waals surface area (Å²) in [4.78, 5) is 10.1. The van der Waals surface area contributed by atoms with E-state index in [2.05, 4.69) is 28.7 Å². The van der Waals surface area contributed by atoms with Gasteiger partial charge in [0, 0.05) is 11.1 Å². The van der Waals surface area contributed by atoms with Gasteiger partial charge in [-0.1, -0.05) is 35.3 Å². The van der Waals surface area contributed by atoms with Crippen LogP contribution in [0.15, 0.2) is 36.4 Å². The maximum absolute atomic E-state index is 6.31. The highest BCUT2D eigenvalue weighted by molar-refractivity contribution is 6.36. The van der Waals surface area contributed by atoms with Crippen LogP contribution in [-0.2, 0) is 0 Å². The number of nitrogens with zero attached hydrogens (tertiary/aromatic N) is 2. The van der Waals surface area contributed by atoms with E-state index >= 15 is 0 Å². The van der Waals surface area contributed by atoms with Gasteiger partial charge in [0.2, 0.25) is 6.23 Å². The van der Waals surface area contributed by atoms with Gasteiger partial charge in [-0.15, -0.1) is 0 Å². The summed E-state index contributed by atoms with van der Waals surface area (Å²) in [6, 6.07) is 11.7. The van der Waals surface area contributed by atoms with Gasteiger partial charge in [-0.25, -0.2) is 4.98 Å². The SMILES string of the molecule is CC(C)N1c2cc(Cl)cc(Cl)c2OC1c1nc2ccccc2[nH]1. The number of H-pyrrole nitrogens is 1. The zero-order valence-corrected chi connectivity index (χ0v) is 14.2. The lowest BCUT2D eigenvalue weighted by Gasteiger charge is -2.27. The van der Waals surface area contributed by atoms with Gasteiger partial charge in [-0.3, -0.25) is 0 Å². The Labute approximate surface area is 144 Å². The molecular weight excluding hydrogens is 333 g/mol. The fourth-order valence-electron chi connectivity index (χ4n) is 2.98. The van der Waals surface area contributed by atoms with E-state index in [1.807, 2.05) is 30.3 Å². The summed E-state index contributed by atoms with van der Waals surface area (Å²) >= 11 is 12.5. The number of hydrogen-bond acceptors (Lipinski definition) is 3. The number of imidazole rings is 1. The van der Waals surface area contributed by atoms with Crippen LogP contribution in [0.1, 0.15) is 25.9 Å². The average Bonchev–Trinajstić information content (AvgIpc) is 3.07. The van der Waals surface area contributed by atoms with E-state index in [4.69, 9.17) is 27.9 Å². The van der Waals surface area contributed by atoms with Crippen LogP contribution in [0.2, 0.25) is 10.0 Å². The van der Waals surface area contributed by atoms with Gasteiger partial charge in [-0.05, 0) is 38.1 Å². The first-order chi connectivity index (χ1) is 11.0. The van der Waals surface area contributed by atoms with Crippen LogP contribution in [0.5, 0.6) is 5.75 Å². The normalized spacial score (nSPS) is 16.9. The van der Waals surface area contributed by atoms with E-state index in [-0.39, 0.29) is 12.3 Å². The Morgan fingerprint density at radius 2 is 2.00 bits per heavy atom. The fraction of sp³-hybridized carbons (Fsp3) is 0.235. The molecule has 0 aliphatic carbocycles. The summed E-state index contributed by atoms with van der Waals surface area (Å²) in [6.07, 6.45) is -0.353. The molecule has 1 N–H and O–H groups in total. The lowest BCUT2D eigenvalue weighted by molar-refractivity contribution is 0.212. The van der Waals surface area contributed by atoms with Crippen molar-refractivity contribution in [3.8, 4) is 5.75 Å². The van der Waals surface area contributed by atoms with Crippen molar-refractivity contribution in [2.45, 2.75) is 26.1 Å². The van der Waals surface area contributed by atoms with E-state index in [0.29, 0.717) is 15.8 Å². The molecule has 0 spiro atoms. The van der Waals surface area contributed by atoms with Gasteiger partial charge < -0.3 is 14.6 Å². The van der Waals surface area contributed by atoms with E-state index in [1.54, 1.807) is 6.07 Å². The van der Waals surface area contributed by atoms with Gasteiger partial charge in [0.05, 0.1) is 21.7 Å².